The van der Waals surface area contributed by atoms with Crippen LogP contribution >= 0.6 is 11.3 Å². The third-order valence-electron chi connectivity index (χ3n) is 5.03. The Bertz CT molecular complexity index is 560. The predicted molar refractivity (Wildman–Crippen MR) is 84.1 cm³/mol. The number of hydrogen-bond donors (Lipinski definition) is 0. The number of anilines is 1. The van der Waals surface area contributed by atoms with Gasteiger partial charge in [-0.1, -0.05) is 11.3 Å². The molecule has 22 heavy (non-hydrogen) atoms. The van der Waals surface area contributed by atoms with E-state index >= 15 is 0 Å². The lowest BCUT2D eigenvalue weighted by atomic mass is 9.83. The summed E-state index contributed by atoms with van der Waals surface area (Å²) >= 11 is 1.65. The molecule has 0 saturated carbocycles. The molecule has 3 fully saturated rings. The maximum absolute atomic E-state index is 11.7. The van der Waals surface area contributed by atoms with Crippen LogP contribution in [-0.2, 0) is 9.53 Å². The number of aromatic nitrogens is 2. The summed E-state index contributed by atoms with van der Waals surface area (Å²) in [6.07, 6.45) is 4.00. The molecule has 1 aromatic rings. The van der Waals surface area contributed by atoms with E-state index in [-0.39, 0.29) is 5.60 Å². The molecule has 0 aromatic carbocycles. The monoisotopic (exact) mass is 322 g/mol. The first kappa shape index (κ1) is 14.4. The van der Waals surface area contributed by atoms with Crippen LogP contribution in [0.3, 0.4) is 0 Å². The van der Waals surface area contributed by atoms with Crippen molar-refractivity contribution in [2.45, 2.75) is 38.2 Å². The van der Waals surface area contributed by atoms with Crippen molar-refractivity contribution in [3.05, 3.63) is 5.01 Å². The molecule has 0 aliphatic carbocycles. The van der Waals surface area contributed by atoms with E-state index in [1.54, 1.807) is 11.3 Å². The van der Waals surface area contributed by atoms with Crippen molar-refractivity contribution in [3.63, 3.8) is 0 Å². The van der Waals surface area contributed by atoms with Crippen molar-refractivity contribution >= 4 is 22.4 Å². The van der Waals surface area contributed by atoms with Gasteiger partial charge in [0.05, 0.1) is 19.7 Å². The number of likely N-dealkylation sites (tertiary alicyclic amines) is 1. The summed E-state index contributed by atoms with van der Waals surface area (Å²) in [5.41, 5.74) is 0.0189. The van der Waals surface area contributed by atoms with Crippen LogP contribution < -0.4 is 4.90 Å². The van der Waals surface area contributed by atoms with Crippen LogP contribution in [0.1, 0.15) is 30.7 Å². The number of carbonyl (C=O) groups excluding carboxylic acids is 1. The first-order chi connectivity index (χ1) is 10.6. The molecule has 3 saturated heterocycles. The molecule has 6 nitrogen and oxygen atoms in total. The van der Waals surface area contributed by atoms with Crippen LogP contribution in [0, 0.1) is 12.8 Å². The first-order valence-corrected chi connectivity index (χ1v) is 8.92. The molecule has 0 unspecified atom stereocenters. The highest BCUT2D eigenvalue weighted by Crippen LogP contribution is 2.39. The standard InChI is InChI=1S/C15H22N4O2S/c1-11-16-17-14(22-11)19-9-15(10-19)5-4-12(8-21-15)7-18-6-2-3-13(18)20/h12H,2-10H2,1H3/t12-/m1/s1. The summed E-state index contributed by atoms with van der Waals surface area (Å²) in [7, 11) is 0. The van der Waals surface area contributed by atoms with Gasteiger partial charge in [-0.05, 0) is 26.2 Å². The molecule has 0 N–H and O–H groups in total. The summed E-state index contributed by atoms with van der Waals surface area (Å²) in [5.74, 6) is 0.826. The maximum Gasteiger partial charge on any atom is 0.222 e. The number of aryl methyl sites for hydroxylation is 1. The molecule has 1 amide bonds. The summed E-state index contributed by atoms with van der Waals surface area (Å²) < 4.78 is 6.19. The van der Waals surface area contributed by atoms with E-state index in [4.69, 9.17) is 4.74 Å². The Morgan fingerprint density at radius 1 is 1.41 bits per heavy atom. The van der Waals surface area contributed by atoms with Gasteiger partial charge in [0.1, 0.15) is 10.6 Å². The lowest BCUT2D eigenvalue weighted by Crippen LogP contribution is -2.65. The largest absolute Gasteiger partial charge is 0.371 e. The average Bonchev–Trinajstić information content (AvgIpc) is 3.07. The van der Waals surface area contributed by atoms with Crippen molar-refractivity contribution in [2.75, 3.05) is 37.7 Å². The fraction of sp³-hybridized carbons (Fsp3) is 0.800. The lowest BCUT2D eigenvalue weighted by molar-refractivity contribution is -0.134. The van der Waals surface area contributed by atoms with Crippen LogP contribution in [0.15, 0.2) is 0 Å². The minimum absolute atomic E-state index is 0.0189. The second kappa shape index (κ2) is 5.45. The van der Waals surface area contributed by atoms with Gasteiger partial charge in [-0.15, -0.1) is 10.2 Å². The molecule has 4 rings (SSSR count). The van der Waals surface area contributed by atoms with Crippen molar-refractivity contribution < 1.29 is 9.53 Å². The van der Waals surface area contributed by atoms with Gasteiger partial charge in [-0.2, -0.15) is 0 Å². The highest BCUT2D eigenvalue weighted by Gasteiger charge is 2.48. The normalized spacial score (nSPS) is 27.5. The van der Waals surface area contributed by atoms with E-state index in [9.17, 15) is 4.79 Å². The van der Waals surface area contributed by atoms with Crippen molar-refractivity contribution in [3.8, 4) is 0 Å². The zero-order valence-electron chi connectivity index (χ0n) is 13.0. The molecule has 7 heteroatoms. The van der Waals surface area contributed by atoms with Gasteiger partial charge in [0, 0.05) is 25.4 Å². The minimum atomic E-state index is 0.0189. The molecule has 1 aromatic heterocycles. The lowest BCUT2D eigenvalue weighted by Gasteiger charge is -2.52. The maximum atomic E-state index is 11.7. The molecule has 120 valence electrons. The van der Waals surface area contributed by atoms with E-state index in [0.717, 1.165) is 68.6 Å². The van der Waals surface area contributed by atoms with Crippen molar-refractivity contribution in [1.29, 1.82) is 0 Å². The second-order valence-electron chi connectivity index (χ2n) is 6.80. The SMILES string of the molecule is Cc1nnc(N2CC3(CC[C@H](CN4CCCC4=O)CO3)C2)s1. The third-order valence-corrected chi connectivity index (χ3v) is 5.93. The van der Waals surface area contributed by atoms with Crippen molar-refractivity contribution in [2.24, 2.45) is 5.92 Å². The summed E-state index contributed by atoms with van der Waals surface area (Å²) in [5, 5.41) is 10.3. The highest BCUT2D eigenvalue weighted by molar-refractivity contribution is 7.15. The Kier molecular flexibility index (Phi) is 3.57. The molecule has 3 aliphatic rings. The summed E-state index contributed by atoms with van der Waals surface area (Å²) in [6, 6.07) is 0. The number of ether oxygens (including phenoxy) is 1. The Labute approximate surface area is 134 Å². The van der Waals surface area contributed by atoms with Crippen LogP contribution in [0.4, 0.5) is 5.13 Å². The van der Waals surface area contributed by atoms with Crippen LogP contribution in [0.2, 0.25) is 0 Å². The van der Waals surface area contributed by atoms with E-state index in [1.165, 1.54) is 0 Å². The van der Waals surface area contributed by atoms with Gasteiger partial charge in [0.25, 0.3) is 0 Å². The van der Waals surface area contributed by atoms with Gasteiger partial charge in [-0.25, -0.2) is 0 Å². The number of amides is 1. The van der Waals surface area contributed by atoms with Gasteiger partial charge in [-0.3, -0.25) is 4.79 Å². The number of carbonyl (C=O) groups is 1. The quantitative estimate of drug-likeness (QED) is 0.843. The van der Waals surface area contributed by atoms with Crippen LogP contribution in [0.5, 0.6) is 0 Å². The fourth-order valence-corrected chi connectivity index (χ4v) is 4.40. The molecule has 1 atom stereocenters. The molecular weight excluding hydrogens is 300 g/mol. The van der Waals surface area contributed by atoms with Crippen molar-refractivity contribution in [1.82, 2.24) is 15.1 Å². The molecule has 4 heterocycles. The highest BCUT2D eigenvalue weighted by atomic mass is 32.1. The third kappa shape index (κ3) is 2.60. The Balaban J connectivity index is 1.27. The average molecular weight is 322 g/mol. The topological polar surface area (TPSA) is 58.6 Å². The predicted octanol–water partition coefficient (Wildman–Crippen LogP) is 1.45. The van der Waals surface area contributed by atoms with Gasteiger partial charge < -0.3 is 14.5 Å². The fourth-order valence-electron chi connectivity index (χ4n) is 3.72. The molecule has 0 radical (unpaired) electrons. The molecule has 1 spiro atoms. The Morgan fingerprint density at radius 2 is 2.27 bits per heavy atom. The number of nitrogens with zero attached hydrogens (tertiary/aromatic N) is 4. The zero-order chi connectivity index (χ0) is 15.2. The number of hydrogen-bond acceptors (Lipinski definition) is 6. The van der Waals surface area contributed by atoms with E-state index in [2.05, 4.69) is 15.1 Å². The molecular formula is C15H22N4O2S. The van der Waals surface area contributed by atoms with E-state index < -0.39 is 0 Å². The Morgan fingerprint density at radius 3 is 2.86 bits per heavy atom. The molecule has 3 aliphatic heterocycles. The number of rotatable bonds is 3. The smallest absolute Gasteiger partial charge is 0.222 e. The Hall–Kier alpha value is -1.21. The van der Waals surface area contributed by atoms with Crippen LogP contribution in [0.25, 0.3) is 0 Å². The minimum Gasteiger partial charge on any atom is -0.371 e. The molecule has 0 bridgehead atoms. The van der Waals surface area contributed by atoms with Crippen LogP contribution in [-0.4, -0.2) is 59.4 Å². The summed E-state index contributed by atoms with van der Waals surface area (Å²) in [4.78, 5) is 16.0. The van der Waals surface area contributed by atoms with Gasteiger partial charge >= 0.3 is 0 Å². The zero-order valence-corrected chi connectivity index (χ0v) is 13.8. The van der Waals surface area contributed by atoms with Gasteiger partial charge in [0.15, 0.2) is 0 Å². The van der Waals surface area contributed by atoms with Gasteiger partial charge in [0.2, 0.25) is 11.0 Å². The second-order valence-corrected chi connectivity index (χ2v) is 7.96. The van der Waals surface area contributed by atoms with E-state index in [1.807, 2.05) is 11.8 Å². The van der Waals surface area contributed by atoms with E-state index in [0.29, 0.717) is 11.8 Å². The first-order valence-electron chi connectivity index (χ1n) is 8.10. The summed E-state index contributed by atoms with van der Waals surface area (Å²) in [6.45, 7) is 6.44.